The largest absolute Gasteiger partial charge is 0.494 e. The van der Waals surface area contributed by atoms with Crippen molar-refractivity contribution in [1.29, 1.82) is 0 Å². The van der Waals surface area contributed by atoms with E-state index in [9.17, 15) is 9.18 Å². The molecular formula is C16H15FN2O2. The zero-order valence-corrected chi connectivity index (χ0v) is 11.5. The standard InChI is InChI=1S/C16H15FN2O2/c1-21-15-9-11(6-7-12(15)17)18-16(20)14-8-10-4-2-3-5-13(10)19-14/h2-7,9,14,19H,8H2,1H3,(H,18,20)/t14-/m0/s1. The van der Waals surface area contributed by atoms with Crippen LogP contribution in [0.2, 0.25) is 0 Å². The lowest BCUT2D eigenvalue weighted by atomic mass is 10.1. The molecule has 0 aromatic heterocycles. The van der Waals surface area contributed by atoms with Crippen molar-refractivity contribution < 1.29 is 13.9 Å². The molecule has 1 amide bonds. The van der Waals surface area contributed by atoms with E-state index in [0.29, 0.717) is 12.1 Å². The second-order valence-electron chi connectivity index (χ2n) is 4.90. The van der Waals surface area contributed by atoms with Gasteiger partial charge in [0.1, 0.15) is 6.04 Å². The van der Waals surface area contributed by atoms with E-state index in [1.54, 1.807) is 0 Å². The highest BCUT2D eigenvalue weighted by Crippen LogP contribution is 2.26. The number of carbonyl (C=O) groups excluding carboxylic acids is 1. The Bertz CT molecular complexity index is 663. The Morgan fingerprint density at radius 3 is 2.90 bits per heavy atom. The Morgan fingerprint density at radius 1 is 1.33 bits per heavy atom. The van der Waals surface area contributed by atoms with Gasteiger partial charge in [0.05, 0.1) is 7.11 Å². The number of carbonyl (C=O) groups is 1. The van der Waals surface area contributed by atoms with E-state index in [1.165, 1.54) is 25.3 Å². The molecule has 0 saturated carbocycles. The maximum Gasteiger partial charge on any atom is 0.247 e. The van der Waals surface area contributed by atoms with Crippen LogP contribution in [0.3, 0.4) is 0 Å². The van der Waals surface area contributed by atoms with Crippen molar-refractivity contribution in [2.45, 2.75) is 12.5 Å². The van der Waals surface area contributed by atoms with Crippen LogP contribution in [0.4, 0.5) is 15.8 Å². The Labute approximate surface area is 121 Å². The minimum Gasteiger partial charge on any atom is -0.494 e. The van der Waals surface area contributed by atoms with Gasteiger partial charge in [-0.1, -0.05) is 18.2 Å². The third kappa shape index (κ3) is 2.67. The molecule has 4 nitrogen and oxygen atoms in total. The van der Waals surface area contributed by atoms with Crippen LogP contribution >= 0.6 is 0 Å². The lowest BCUT2D eigenvalue weighted by molar-refractivity contribution is -0.116. The smallest absolute Gasteiger partial charge is 0.247 e. The van der Waals surface area contributed by atoms with E-state index in [-0.39, 0.29) is 17.7 Å². The zero-order chi connectivity index (χ0) is 14.8. The highest BCUT2D eigenvalue weighted by molar-refractivity contribution is 5.98. The van der Waals surface area contributed by atoms with Crippen LogP contribution in [0, 0.1) is 5.82 Å². The number of halogens is 1. The molecule has 1 aliphatic heterocycles. The first-order chi connectivity index (χ1) is 10.2. The highest BCUT2D eigenvalue weighted by Gasteiger charge is 2.26. The lowest BCUT2D eigenvalue weighted by Gasteiger charge is -2.13. The van der Waals surface area contributed by atoms with Crippen molar-refractivity contribution in [3.05, 3.63) is 53.8 Å². The SMILES string of the molecule is COc1cc(NC(=O)[C@@H]2Cc3ccccc3N2)ccc1F. The number of hydrogen-bond acceptors (Lipinski definition) is 3. The van der Waals surface area contributed by atoms with Crippen molar-refractivity contribution in [3.63, 3.8) is 0 Å². The van der Waals surface area contributed by atoms with E-state index >= 15 is 0 Å². The van der Waals surface area contributed by atoms with Gasteiger partial charge >= 0.3 is 0 Å². The second kappa shape index (κ2) is 5.44. The van der Waals surface area contributed by atoms with Gasteiger partial charge in [-0.25, -0.2) is 4.39 Å². The summed E-state index contributed by atoms with van der Waals surface area (Å²) < 4.78 is 18.2. The maximum absolute atomic E-state index is 13.3. The van der Waals surface area contributed by atoms with E-state index in [2.05, 4.69) is 10.6 Å². The first-order valence-corrected chi connectivity index (χ1v) is 6.66. The molecule has 2 aromatic carbocycles. The van der Waals surface area contributed by atoms with Crippen molar-refractivity contribution in [2.24, 2.45) is 0 Å². The number of amides is 1. The fraction of sp³-hybridized carbons (Fsp3) is 0.188. The molecule has 0 aliphatic carbocycles. The molecule has 0 bridgehead atoms. The Balaban J connectivity index is 1.71. The van der Waals surface area contributed by atoms with Gasteiger partial charge in [0.25, 0.3) is 0 Å². The van der Waals surface area contributed by atoms with Crippen molar-refractivity contribution in [2.75, 3.05) is 17.7 Å². The summed E-state index contributed by atoms with van der Waals surface area (Å²) in [5, 5.41) is 5.95. The summed E-state index contributed by atoms with van der Waals surface area (Å²) in [6.07, 6.45) is 0.639. The van der Waals surface area contributed by atoms with E-state index in [1.807, 2.05) is 24.3 Å². The van der Waals surface area contributed by atoms with Crippen LogP contribution in [-0.2, 0) is 11.2 Å². The van der Waals surface area contributed by atoms with Gasteiger partial charge in [0.2, 0.25) is 5.91 Å². The average Bonchev–Trinajstić information content (AvgIpc) is 2.93. The van der Waals surface area contributed by atoms with Gasteiger partial charge in [-0.2, -0.15) is 0 Å². The van der Waals surface area contributed by atoms with Gasteiger partial charge in [-0.3, -0.25) is 4.79 Å². The average molecular weight is 286 g/mol. The quantitative estimate of drug-likeness (QED) is 0.912. The minimum absolute atomic E-state index is 0.107. The van der Waals surface area contributed by atoms with Crippen molar-refractivity contribution in [3.8, 4) is 5.75 Å². The number of ether oxygens (including phenoxy) is 1. The summed E-state index contributed by atoms with van der Waals surface area (Å²) in [6.45, 7) is 0. The molecule has 1 aliphatic rings. The summed E-state index contributed by atoms with van der Waals surface area (Å²) in [6, 6.07) is 11.7. The summed E-state index contributed by atoms with van der Waals surface area (Å²) in [5.74, 6) is -0.503. The number of anilines is 2. The van der Waals surface area contributed by atoms with Gasteiger partial charge in [-0.15, -0.1) is 0 Å². The first kappa shape index (κ1) is 13.4. The number of fused-ring (bicyclic) bond motifs is 1. The first-order valence-electron chi connectivity index (χ1n) is 6.66. The fourth-order valence-corrected chi connectivity index (χ4v) is 2.42. The minimum atomic E-state index is -0.457. The molecule has 21 heavy (non-hydrogen) atoms. The van der Waals surface area contributed by atoms with Crippen LogP contribution in [0.15, 0.2) is 42.5 Å². The van der Waals surface area contributed by atoms with Crippen LogP contribution < -0.4 is 15.4 Å². The van der Waals surface area contributed by atoms with Gasteiger partial charge in [0, 0.05) is 23.9 Å². The number of benzene rings is 2. The van der Waals surface area contributed by atoms with Gasteiger partial charge in [0.15, 0.2) is 11.6 Å². The number of nitrogens with one attached hydrogen (secondary N) is 2. The van der Waals surface area contributed by atoms with E-state index in [0.717, 1.165) is 11.3 Å². The Kier molecular flexibility index (Phi) is 3.48. The highest BCUT2D eigenvalue weighted by atomic mass is 19.1. The van der Waals surface area contributed by atoms with Gasteiger partial charge in [-0.05, 0) is 23.8 Å². The Morgan fingerprint density at radius 2 is 2.14 bits per heavy atom. The lowest BCUT2D eigenvalue weighted by Crippen LogP contribution is -2.32. The predicted octanol–water partition coefficient (Wildman–Crippen LogP) is 2.81. The molecule has 0 radical (unpaired) electrons. The summed E-state index contributed by atoms with van der Waals surface area (Å²) >= 11 is 0. The van der Waals surface area contributed by atoms with E-state index in [4.69, 9.17) is 4.74 Å². The summed E-state index contributed by atoms with van der Waals surface area (Å²) in [7, 11) is 1.39. The second-order valence-corrected chi connectivity index (χ2v) is 4.90. The number of para-hydroxylation sites is 1. The summed E-state index contributed by atoms with van der Waals surface area (Å²) in [4.78, 5) is 12.3. The third-order valence-electron chi connectivity index (χ3n) is 3.51. The topological polar surface area (TPSA) is 50.4 Å². The zero-order valence-electron chi connectivity index (χ0n) is 11.5. The van der Waals surface area contributed by atoms with Crippen LogP contribution in [0.1, 0.15) is 5.56 Å². The molecule has 5 heteroatoms. The molecule has 2 aromatic rings. The maximum atomic E-state index is 13.3. The van der Waals surface area contributed by atoms with Crippen molar-refractivity contribution in [1.82, 2.24) is 0 Å². The van der Waals surface area contributed by atoms with Crippen LogP contribution in [-0.4, -0.2) is 19.1 Å². The number of hydrogen-bond donors (Lipinski definition) is 2. The molecular weight excluding hydrogens is 271 g/mol. The molecule has 108 valence electrons. The predicted molar refractivity (Wildman–Crippen MR) is 79.1 cm³/mol. The van der Waals surface area contributed by atoms with Gasteiger partial charge < -0.3 is 15.4 Å². The molecule has 3 rings (SSSR count). The van der Waals surface area contributed by atoms with E-state index < -0.39 is 5.82 Å². The normalized spacial score (nSPS) is 16.0. The Hall–Kier alpha value is -2.56. The fourth-order valence-electron chi connectivity index (χ4n) is 2.42. The monoisotopic (exact) mass is 286 g/mol. The third-order valence-corrected chi connectivity index (χ3v) is 3.51. The van der Waals surface area contributed by atoms with Crippen LogP contribution in [0.5, 0.6) is 5.75 Å². The molecule has 0 fully saturated rings. The summed E-state index contributed by atoms with van der Waals surface area (Å²) in [5.41, 5.74) is 2.61. The number of methoxy groups -OCH3 is 1. The van der Waals surface area contributed by atoms with Crippen LogP contribution in [0.25, 0.3) is 0 Å². The molecule has 2 N–H and O–H groups in total. The molecule has 0 saturated heterocycles. The number of rotatable bonds is 3. The molecule has 1 atom stereocenters. The van der Waals surface area contributed by atoms with Crippen molar-refractivity contribution >= 4 is 17.3 Å². The molecule has 0 spiro atoms. The molecule has 1 heterocycles. The molecule has 0 unspecified atom stereocenters.